The molecule has 0 aliphatic carbocycles. The Kier molecular flexibility index (Phi) is 4.87. The van der Waals surface area contributed by atoms with Gasteiger partial charge in [-0.2, -0.15) is 0 Å². The van der Waals surface area contributed by atoms with Gasteiger partial charge in [0.2, 0.25) is 0 Å². The normalized spacial score (nSPS) is 18.8. The van der Waals surface area contributed by atoms with Gasteiger partial charge in [-0.05, 0) is 31.0 Å². The fourth-order valence-electron chi connectivity index (χ4n) is 3.05. The van der Waals surface area contributed by atoms with Crippen molar-refractivity contribution in [2.45, 2.75) is 30.8 Å². The topological polar surface area (TPSA) is 55.4 Å². The van der Waals surface area contributed by atoms with Crippen LogP contribution < -0.4 is 10.1 Å². The summed E-state index contributed by atoms with van der Waals surface area (Å²) in [7, 11) is -3.55. The van der Waals surface area contributed by atoms with Crippen molar-refractivity contribution in [3.05, 3.63) is 59.4 Å². The number of rotatable bonds is 5. The number of ether oxygens (including phenoxy) is 1. The summed E-state index contributed by atoms with van der Waals surface area (Å²) >= 11 is 0. The van der Waals surface area contributed by atoms with Gasteiger partial charge in [0.05, 0.1) is 12.4 Å². The molecule has 1 unspecified atom stereocenters. The third-order valence-corrected chi connectivity index (χ3v) is 6.00. The molecule has 1 aliphatic rings. The maximum atomic E-state index is 14.0. The van der Waals surface area contributed by atoms with Crippen LogP contribution in [0, 0.1) is 5.82 Å². The van der Waals surface area contributed by atoms with E-state index >= 15 is 0 Å². The molecule has 1 heterocycles. The van der Waals surface area contributed by atoms with Crippen molar-refractivity contribution in [1.82, 2.24) is 5.32 Å². The molecular formula is C18H20FNO3S. The van der Waals surface area contributed by atoms with Crippen molar-refractivity contribution in [2.75, 3.05) is 12.4 Å². The predicted molar refractivity (Wildman–Crippen MR) is 90.3 cm³/mol. The molecule has 0 saturated carbocycles. The minimum absolute atomic E-state index is 0.0499. The van der Waals surface area contributed by atoms with E-state index in [1.54, 1.807) is 12.1 Å². The van der Waals surface area contributed by atoms with Crippen LogP contribution in [0.5, 0.6) is 5.75 Å². The summed E-state index contributed by atoms with van der Waals surface area (Å²) in [6, 6.07) is 11.9. The molecule has 128 valence electrons. The number of nitrogens with one attached hydrogen (secondary N) is 1. The van der Waals surface area contributed by atoms with Crippen LogP contribution in [0.1, 0.15) is 30.5 Å². The van der Waals surface area contributed by atoms with E-state index in [1.807, 2.05) is 31.2 Å². The molecule has 0 fully saturated rings. The molecule has 6 heteroatoms. The molecule has 1 aliphatic heterocycles. The Morgan fingerprint density at radius 1 is 1.21 bits per heavy atom. The molecule has 0 amide bonds. The van der Waals surface area contributed by atoms with Gasteiger partial charge >= 0.3 is 0 Å². The predicted octanol–water partition coefficient (Wildman–Crippen LogP) is 3.23. The summed E-state index contributed by atoms with van der Waals surface area (Å²) in [5.41, 5.74) is 1.50. The molecule has 1 atom stereocenters. The van der Waals surface area contributed by atoms with Crippen molar-refractivity contribution in [1.29, 1.82) is 0 Å². The van der Waals surface area contributed by atoms with Gasteiger partial charge in [0.25, 0.3) is 0 Å². The van der Waals surface area contributed by atoms with Crippen molar-refractivity contribution in [3.63, 3.8) is 0 Å². The molecule has 0 bridgehead atoms. The smallest absolute Gasteiger partial charge is 0.181 e. The Hall–Kier alpha value is -1.92. The lowest BCUT2D eigenvalue weighted by molar-refractivity contribution is 0.334. The molecular weight excluding hydrogens is 329 g/mol. The molecule has 1 N–H and O–H groups in total. The van der Waals surface area contributed by atoms with Crippen molar-refractivity contribution < 1.29 is 17.5 Å². The van der Waals surface area contributed by atoms with E-state index in [0.717, 1.165) is 11.3 Å². The zero-order valence-electron chi connectivity index (χ0n) is 13.5. The standard InChI is InChI=1S/C18H20FNO3S/c1-2-23-17-9-4-3-6-13(17)12-20-16-10-11-24(21,22)18-14(16)7-5-8-15(18)19/h3-9,16,20H,2,10-12H2,1H3. The van der Waals surface area contributed by atoms with E-state index in [2.05, 4.69) is 5.32 Å². The first-order chi connectivity index (χ1) is 11.5. The van der Waals surface area contributed by atoms with Crippen LogP contribution in [0.15, 0.2) is 47.4 Å². The monoisotopic (exact) mass is 349 g/mol. The lowest BCUT2D eigenvalue weighted by atomic mass is 10.0. The van der Waals surface area contributed by atoms with Gasteiger partial charge in [0.1, 0.15) is 16.5 Å². The van der Waals surface area contributed by atoms with Gasteiger partial charge in [0, 0.05) is 18.2 Å². The molecule has 2 aromatic rings. The van der Waals surface area contributed by atoms with Gasteiger partial charge < -0.3 is 10.1 Å². The maximum absolute atomic E-state index is 14.0. The minimum atomic E-state index is -3.55. The van der Waals surface area contributed by atoms with Crippen molar-refractivity contribution in [2.24, 2.45) is 0 Å². The number of para-hydroxylation sites is 1. The molecule has 2 aromatic carbocycles. The molecule has 3 rings (SSSR count). The van der Waals surface area contributed by atoms with Gasteiger partial charge in [-0.25, -0.2) is 12.8 Å². The molecule has 0 aromatic heterocycles. The zero-order chi connectivity index (χ0) is 17.2. The molecule has 0 spiro atoms. The second-order valence-corrected chi connectivity index (χ2v) is 7.79. The van der Waals surface area contributed by atoms with Crippen molar-refractivity contribution in [3.8, 4) is 5.75 Å². The number of sulfone groups is 1. The Bertz CT molecular complexity index is 836. The first-order valence-corrected chi connectivity index (χ1v) is 9.63. The van der Waals surface area contributed by atoms with E-state index in [9.17, 15) is 12.8 Å². The summed E-state index contributed by atoms with van der Waals surface area (Å²) in [5, 5.41) is 3.35. The van der Waals surface area contributed by atoms with E-state index in [1.165, 1.54) is 6.07 Å². The minimum Gasteiger partial charge on any atom is -0.494 e. The number of benzene rings is 2. The summed E-state index contributed by atoms with van der Waals surface area (Å²) in [4.78, 5) is -0.160. The van der Waals surface area contributed by atoms with Gasteiger partial charge in [-0.3, -0.25) is 0 Å². The zero-order valence-corrected chi connectivity index (χ0v) is 14.3. The fraction of sp³-hybridized carbons (Fsp3) is 0.333. The number of fused-ring (bicyclic) bond motifs is 1. The Labute approximate surface area is 141 Å². The largest absolute Gasteiger partial charge is 0.494 e. The summed E-state index contributed by atoms with van der Waals surface area (Å²) in [6.07, 6.45) is 0.426. The van der Waals surface area contributed by atoms with Gasteiger partial charge in [-0.1, -0.05) is 30.3 Å². The van der Waals surface area contributed by atoms with E-state index in [-0.39, 0.29) is 16.7 Å². The van der Waals surface area contributed by atoms with Crippen LogP contribution in [0.3, 0.4) is 0 Å². The fourth-order valence-corrected chi connectivity index (χ4v) is 4.73. The highest BCUT2D eigenvalue weighted by molar-refractivity contribution is 7.91. The average Bonchev–Trinajstić information content (AvgIpc) is 2.55. The molecule has 24 heavy (non-hydrogen) atoms. The summed E-state index contributed by atoms with van der Waals surface area (Å²) in [5.74, 6) is 0.0789. The highest BCUT2D eigenvalue weighted by atomic mass is 32.2. The second kappa shape index (κ2) is 6.91. The second-order valence-electron chi connectivity index (χ2n) is 5.74. The van der Waals surface area contributed by atoms with E-state index in [4.69, 9.17) is 4.74 Å². The van der Waals surface area contributed by atoms with E-state index in [0.29, 0.717) is 25.1 Å². The SMILES string of the molecule is CCOc1ccccc1CNC1CCS(=O)(=O)c2c(F)cccc21. The third-order valence-electron chi connectivity index (χ3n) is 4.17. The first kappa shape index (κ1) is 16.9. The number of hydrogen-bond donors (Lipinski definition) is 1. The lowest BCUT2D eigenvalue weighted by Gasteiger charge is -2.27. The third kappa shape index (κ3) is 3.30. The highest BCUT2D eigenvalue weighted by Crippen LogP contribution is 2.34. The van der Waals surface area contributed by atoms with E-state index < -0.39 is 15.7 Å². The Morgan fingerprint density at radius 2 is 2.00 bits per heavy atom. The first-order valence-electron chi connectivity index (χ1n) is 7.98. The summed E-state index contributed by atoms with van der Waals surface area (Å²) in [6.45, 7) is 3.03. The van der Waals surface area contributed by atoms with Crippen LogP contribution in [0.2, 0.25) is 0 Å². The average molecular weight is 349 g/mol. The maximum Gasteiger partial charge on any atom is 0.181 e. The van der Waals surface area contributed by atoms with Crippen LogP contribution in [0.25, 0.3) is 0 Å². The molecule has 4 nitrogen and oxygen atoms in total. The lowest BCUT2D eigenvalue weighted by Crippen LogP contribution is -2.30. The molecule has 0 radical (unpaired) electrons. The quantitative estimate of drug-likeness (QED) is 0.900. The van der Waals surface area contributed by atoms with Gasteiger partial charge in [-0.15, -0.1) is 0 Å². The Morgan fingerprint density at radius 3 is 2.79 bits per heavy atom. The Balaban J connectivity index is 1.84. The number of halogens is 1. The number of hydrogen-bond acceptors (Lipinski definition) is 4. The molecule has 0 saturated heterocycles. The van der Waals surface area contributed by atoms with Gasteiger partial charge in [0.15, 0.2) is 9.84 Å². The van der Waals surface area contributed by atoms with Crippen molar-refractivity contribution >= 4 is 9.84 Å². The van der Waals surface area contributed by atoms with Crippen LogP contribution >= 0.6 is 0 Å². The van der Waals surface area contributed by atoms with Crippen LogP contribution in [0.4, 0.5) is 4.39 Å². The highest BCUT2D eigenvalue weighted by Gasteiger charge is 2.32. The summed E-state index contributed by atoms with van der Waals surface area (Å²) < 4.78 is 44.0. The van der Waals surface area contributed by atoms with Crippen LogP contribution in [-0.2, 0) is 16.4 Å². The van der Waals surface area contributed by atoms with Crippen LogP contribution in [-0.4, -0.2) is 20.8 Å².